The standard InChI is InChI=1S/C5H10INO/c1-3-4-5(2,6)7-8/h3-4H2,1-2H3. The van der Waals surface area contributed by atoms with E-state index >= 15 is 0 Å². The Morgan fingerprint density at radius 2 is 2.25 bits per heavy atom. The highest BCUT2D eigenvalue weighted by Gasteiger charge is 2.17. The molecule has 0 rings (SSSR count). The van der Waals surface area contributed by atoms with Gasteiger partial charge in [-0.15, -0.1) is 4.91 Å². The Kier molecular flexibility index (Phi) is 3.51. The van der Waals surface area contributed by atoms with Crippen LogP contribution in [0.3, 0.4) is 0 Å². The van der Waals surface area contributed by atoms with E-state index in [1.165, 1.54) is 0 Å². The van der Waals surface area contributed by atoms with Gasteiger partial charge in [0.05, 0.1) is 0 Å². The Bertz CT molecular complexity index is 82.5. The molecule has 0 saturated carbocycles. The largest absolute Gasteiger partial charge is 0.150 e. The van der Waals surface area contributed by atoms with Gasteiger partial charge in [0.1, 0.15) is 0 Å². The first-order valence-corrected chi connectivity index (χ1v) is 3.73. The van der Waals surface area contributed by atoms with E-state index in [1.54, 1.807) is 0 Å². The highest BCUT2D eigenvalue weighted by Crippen LogP contribution is 2.24. The van der Waals surface area contributed by atoms with Crippen LogP contribution < -0.4 is 0 Å². The van der Waals surface area contributed by atoms with Crippen LogP contribution in [0.2, 0.25) is 0 Å². The van der Waals surface area contributed by atoms with Crippen molar-refractivity contribution in [2.24, 2.45) is 5.18 Å². The van der Waals surface area contributed by atoms with Crippen molar-refractivity contribution in [1.29, 1.82) is 0 Å². The van der Waals surface area contributed by atoms with Crippen molar-refractivity contribution in [3.63, 3.8) is 0 Å². The number of hydrogen-bond donors (Lipinski definition) is 0. The van der Waals surface area contributed by atoms with Crippen LogP contribution in [0, 0.1) is 4.91 Å². The lowest BCUT2D eigenvalue weighted by Gasteiger charge is -2.09. The summed E-state index contributed by atoms with van der Waals surface area (Å²) in [5, 5.41) is 2.95. The second-order valence-electron chi connectivity index (χ2n) is 1.98. The zero-order chi connectivity index (χ0) is 6.62. The molecule has 0 aromatic carbocycles. The molecule has 0 heterocycles. The quantitative estimate of drug-likeness (QED) is 0.315. The van der Waals surface area contributed by atoms with Gasteiger partial charge in [0.25, 0.3) is 0 Å². The minimum Gasteiger partial charge on any atom is -0.149 e. The van der Waals surface area contributed by atoms with Gasteiger partial charge in [0.2, 0.25) is 0 Å². The van der Waals surface area contributed by atoms with Crippen molar-refractivity contribution in [1.82, 2.24) is 0 Å². The van der Waals surface area contributed by atoms with Gasteiger partial charge < -0.3 is 0 Å². The predicted molar refractivity (Wildman–Crippen MR) is 43.1 cm³/mol. The molecule has 0 aliphatic rings. The molecule has 0 amide bonds. The van der Waals surface area contributed by atoms with Crippen molar-refractivity contribution in [2.75, 3.05) is 0 Å². The summed E-state index contributed by atoms with van der Waals surface area (Å²) in [6, 6.07) is 0. The van der Waals surface area contributed by atoms with Crippen molar-refractivity contribution in [3.05, 3.63) is 4.91 Å². The molecule has 0 radical (unpaired) electrons. The molecule has 0 spiro atoms. The zero-order valence-corrected chi connectivity index (χ0v) is 7.31. The number of rotatable bonds is 3. The van der Waals surface area contributed by atoms with Gasteiger partial charge in [-0.2, -0.15) is 0 Å². The first-order chi connectivity index (χ1) is 3.62. The molecular weight excluding hydrogens is 217 g/mol. The van der Waals surface area contributed by atoms with Crippen molar-refractivity contribution >= 4 is 22.6 Å². The first-order valence-electron chi connectivity index (χ1n) is 2.66. The Balaban J connectivity index is 3.53. The number of hydrogen-bond acceptors (Lipinski definition) is 2. The smallest absolute Gasteiger partial charge is 0.149 e. The van der Waals surface area contributed by atoms with Crippen LogP contribution in [-0.4, -0.2) is 3.55 Å². The summed E-state index contributed by atoms with van der Waals surface area (Å²) in [7, 11) is 0. The molecule has 1 atom stereocenters. The maximum atomic E-state index is 9.96. The van der Waals surface area contributed by atoms with E-state index in [9.17, 15) is 4.91 Å². The number of alkyl halides is 1. The third-order valence-corrected chi connectivity index (χ3v) is 1.63. The zero-order valence-electron chi connectivity index (χ0n) is 5.15. The van der Waals surface area contributed by atoms with Gasteiger partial charge in [-0.25, -0.2) is 0 Å². The molecule has 8 heavy (non-hydrogen) atoms. The minimum atomic E-state index is -0.369. The highest BCUT2D eigenvalue weighted by molar-refractivity contribution is 14.1. The average molecular weight is 227 g/mol. The lowest BCUT2D eigenvalue weighted by molar-refractivity contribution is 0.626. The lowest BCUT2D eigenvalue weighted by atomic mass is 10.2. The van der Waals surface area contributed by atoms with E-state index in [-0.39, 0.29) is 3.55 Å². The molecule has 0 bridgehead atoms. The highest BCUT2D eigenvalue weighted by atomic mass is 127. The van der Waals surface area contributed by atoms with Crippen LogP contribution in [0.15, 0.2) is 5.18 Å². The fourth-order valence-electron chi connectivity index (χ4n) is 0.502. The summed E-state index contributed by atoms with van der Waals surface area (Å²) < 4.78 is -0.369. The van der Waals surface area contributed by atoms with Gasteiger partial charge in [-0.1, -0.05) is 18.5 Å². The Labute approximate surface area is 63.2 Å². The second kappa shape index (κ2) is 3.37. The Hall–Kier alpha value is 0.330. The molecule has 0 fully saturated rings. The normalized spacial score (nSPS) is 17.4. The molecule has 1 unspecified atom stereocenters. The monoisotopic (exact) mass is 227 g/mol. The van der Waals surface area contributed by atoms with E-state index in [0.717, 1.165) is 12.8 Å². The van der Waals surface area contributed by atoms with E-state index in [0.29, 0.717) is 0 Å². The Morgan fingerprint density at radius 3 is 2.38 bits per heavy atom. The van der Waals surface area contributed by atoms with Gasteiger partial charge in [-0.05, 0) is 35.9 Å². The summed E-state index contributed by atoms with van der Waals surface area (Å²) in [4.78, 5) is 9.96. The van der Waals surface area contributed by atoms with Crippen LogP contribution in [0.25, 0.3) is 0 Å². The fourth-order valence-corrected chi connectivity index (χ4v) is 1.04. The topological polar surface area (TPSA) is 29.4 Å². The number of halogens is 1. The predicted octanol–water partition coefficient (Wildman–Crippen LogP) is 2.70. The molecule has 0 N–H and O–H groups in total. The summed E-state index contributed by atoms with van der Waals surface area (Å²) in [6.07, 6.45) is 1.89. The molecule has 0 aromatic heterocycles. The molecular formula is C5H10INO. The average Bonchev–Trinajstić information content (AvgIpc) is 1.67. The molecule has 0 saturated heterocycles. The van der Waals surface area contributed by atoms with E-state index in [1.807, 2.05) is 13.8 Å². The van der Waals surface area contributed by atoms with Crippen molar-refractivity contribution in [3.8, 4) is 0 Å². The van der Waals surface area contributed by atoms with Gasteiger partial charge in [-0.3, -0.25) is 0 Å². The minimum absolute atomic E-state index is 0.369. The van der Waals surface area contributed by atoms with Crippen LogP contribution in [-0.2, 0) is 0 Å². The summed E-state index contributed by atoms with van der Waals surface area (Å²) in [6.45, 7) is 3.88. The lowest BCUT2D eigenvalue weighted by Crippen LogP contribution is -2.08. The third kappa shape index (κ3) is 3.35. The molecule has 0 aliphatic heterocycles. The van der Waals surface area contributed by atoms with E-state index in [2.05, 4.69) is 27.8 Å². The van der Waals surface area contributed by atoms with Gasteiger partial charge in [0.15, 0.2) is 3.55 Å². The SMILES string of the molecule is CCCC(C)(I)N=O. The maximum absolute atomic E-state index is 9.96. The molecule has 0 aromatic rings. The third-order valence-electron chi connectivity index (χ3n) is 0.897. The summed E-state index contributed by atoms with van der Waals surface area (Å²) in [5.74, 6) is 0. The first kappa shape index (κ1) is 8.33. The van der Waals surface area contributed by atoms with Crippen LogP contribution >= 0.6 is 22.6 Å². The van der Waals surface area contributed by atoms with Crippen molar-refractivity contribution in [2.45, 2.75) is 30.2 Å². The fraction of sp³-hybridized carbons (Fsp3) is 1.00. The maximum Gasteiger partial charge on any atom is 0.150 e. The van der Waals surface area contributed by atoms with E-state index in [4.69, 9.17) is 0 Å². The number of nitrogens with zero attached hydrogens (tertiary/aromatic N) is 1. The molecule has 0 aliphatic carbocycles. The van der Waals surface area contributed by atoms with Crippen molar-refractivity contribution < 1.29 is 0 Å². The summed E-state index contributed by atoms with van der Waals surface area (Å²) >= 11 is 2.06. The van der Waals surface area contributed by atoms with Gasteiger partial charge >= 0.3 is 0 Å². The van der Waals surface area contributed by atoms with Crippen LogP contribution in [0.4, 0.5) is 0 Å². The summed E-state index contributed by atoms with van der Waals surface area (Å²) in [5.41, 5.74) is 0. The van der Waals surface area contributed by atoms with Gasteiger partial charge in [0, 0.05) is 0 Å². The van der Waals surface area contributed by atoms with E-state index < -0.39 is 0 Å². The van der Waals surface area contributed by atoms with Crippen LogP contribution in [0.5, 0.6) is 0 Å². The second-order valence-corrected chi connectivity index (χ2v) is 4.31. The molecule has 3 heteroatoms. The van der Waals surface area contributed by atoms with Crippen LogP contribution in [0.1, 0.15) is 26.7 Å². The Morgan fingerprint density at radius 1 is 1.75 bits per heavy atom. The number of nitroso groups, excluding NO2 is 1. The molecule has 2 nitrogen and oxygen atoms in total. The molecule has 48 valence electrons.